The van der Waals surface area contributed by atoms with Crippen LogP contribution in [0.15, 0.2) is 18.2 Å². The van der Waals surface area contributed by atoms with E-state index in [9.17, 15) is 9.59 Å². The van der Waals surface area contributed by atoms with Gasteiger partial charge in [-0.1, -0.05) is 0 Å². The Balaban J connectivity index is 1.91. The van der Waals surface area contributed by atoms with Crippen molar-refractivity contribution in [2.75, 3.05) is 20.8 Å². The number of aliphatic carboxylic acids is 1. The average Bonchev–Trinajstić information content (AvgIpc) is 3.40. The summed E-state index contributed by atoms with van der Waals surface area (Å²) in [5.41, 5.74) is 1.41. The largest absolute Gasteiger partial charge is 0.493 e. The number of ether oxygens (including phenoxy) is 2. The van der Waals surface area contributed by atoms with Crippen molar-refractivity contribution in [2.24, 2.45) is 0 Å². The van der Waals surface area contributed by atoms with E-state index in [0.29, 0.717) is 27.1 Å². The Morgan fingerprint density at radius 3 is 2.54 bits per heavy atom. The Bertz CT molecular complexity index is 844. The second kappa shape index (κ2) is 7.33. The molecule has 0 spiro atoms. The number of nitrogens with zero attached hydrogens (tertiary/aromatic N) is 2. The molecule has 0 saturated heterocycles. The van der Waals surface area contributed by atoms with Gasteiger partial charge in [0.2, 0.25) is 0 Å². The van der Waals surface area contributed by atoms with Crippen LogP contribution in [0.4, 0.5) is 0 Å². The number of carboxylic acids is 1. The lowest BCUT2D eigenvalue weighted by Gasteiger charge is -2.19. The van der Waals surface area contributed by atoms with Crippen LogP contribution in [0, 0.1) is 6.92 Å². The topological polar surface area (TPSA) is 89.0 Å². The molecule has 138 valence electrons. The van der Waals surface area contributed by atoms with Gasteiger partial charge in [0.1, 0.15) is 16.4 Å². The molecular weight excluding hydrogens is 356 g/mol. The highest BCUT2D eigenvalue weighted by molar-refractivity contribution is 7.17. The van der Waals surface area contributed by atoms with E-state index in [1.165, 1.54) is 16.2 Å². The summed E-state index contributed by atoms with van der Waals surface area (Å²) < 4.78 is 10.6. The van der Waals surface area contributed by atoms with Gasteiger partial charge in [-0.3, -0.25) is 9.59 Å². The van der Waals surface area contributed by atoms with Crippen LogP contribution in [0.1, 0.15) is 28.2 Å². The first-order valence-electron chi connectivity index (χ1n) is 8.17. The normalized spacial score (nSPS) is 13.3. The number of benzene rings is 1. The van der Waals surface area contributed by atoms with Gasteiger partial charge in [-0.25, -0.2) is 4.98 Å². The molecule has 1 aromatic heterocycles. The first-order chi connectivity index (χ1) is 12.4. The number of hydrogen-bond acceptors (Lipinski definition) is 6. The lowest BCUT2D eigenvalue weighted by atomic mass is 10.2. The Kier molecular flexibility index (Phi) is 5.13. The number of rotatable bonds is 7. The average molecular weight is 376 g/mol. The molecule has 8 heteroatoms. The summed E-state index contributed by atoms with van der Waals surface area (Å²) in [4.78, 5) is 30.3. The van der Waals surface area contributed by atoms with Crippen molar-refractivity contribution < 1.29 is 24.2 Å². The SMILES string of the molecule is COc1ccc(-c2nc(C)c(C(=O)N(CC(=O)O)C3CC3)s2)cc1OC. The monoisotopic (exact) mass is 376 g/mol. The fourth-order valence-corrected chi connectivity index (χ4v) is 3.74. The number of carbonyl (C=O) groups excluding carboxylic acids is 1. The number of amides is 1. The number of aromatic nitrogens is 1. The minimum absolute atomic E-state index is 0.0182. The molecule has 0 unspecified atom stereocenters. The number of thiazole rings is 1. The van der Waals surface area contributed by atoms with E-state index in [0.717, 1.165) is 18.4 Å². The molecule has 1 aliphatic carbocycles. The lowest BCUT2D eigenvalue weighted by molar-refractivity contribution is -0.137. The van der Waals surface area contributed by atoms with Crippen molar-refractivity contribution in [3.05, 3.63) is 28.8 Å². The molecule has 2 aromatic rings. The van der Waals surface area contributed by atoms with Gasteiger partial charge in [0.15, 0.2) is 11.5 Å². The Morgan fingerprint density at radius 1 is 1.27 bits per heavy atom. The van der Waals surface area contributed by atoms with Gasteiger partial charge in [-0.05, 0) is 38.0 Å². The number of hydrogen-bond donors (Lipinski definition) is 1. The van der Waals surface area contributed by atoms with Gasteiger partial charge < -0.3 is 19.5 Å². The van der Waals surface area contributed by atoms with Gasteiger partial charge in [-0.2, -0.15) is 0 Å². The highest BCUT2D eigenvalue weighted by atomic mass is 32.1. The number of carboxylic acid groups (broad SMARTS) is 1. The highest BCUT2D eigenvalue weighted by Crippen LogP contribution is 2.36. The molecule has 1 amide bonds. The maximum absolute atomic E-state index is 12.8. The summed E-state index contributed by atoms with van der Waals surface area (Å²) in [7, 11) is 3.12. The third kappa shape index (κ3) is 3.65. The molecule has 1 heterocycles. The molecule has 1 aromatic carbocycles. The maximum atomic E-state index is 12.8. The van der Waals surface area contributed by atoms with Crippen molar-refractivity contribution in [3.63, 3.8) is 0 Å². The van der Waals surface area contributed by atoms with E-state index in [4.69, 9.17) is 14.6 Å². The minimum atomic E-state index is -1.01. The molecule has 7 nitrogen and oxygen atoms in total. The zero-order chi connectivity index (χ0) is 18.8. The molecule has 1 fully saturated rings. The van der Waals surface area contributed by atoms with Crippen LogP contribution in [0.2, 0.25) is 0 Å². The van der Waals surface area contributed by atoms with Crippen LogP contribution in [0.25, 0.3) is 10.6 Å². The second-order valence-corrected chi connectivity index (χ2v) is 7.06. The summed E-state index contributed by atoms with van der Waals surface area (Å²) in [6.45, 7) is 1.48. The molecule has 0 radical (unpaired) electrons. The third-order valence-corrected chi connectivity index (χ3v) is 5.37. The molecule has 3 rings (SSSR count). The molecule has 1 aliphatic rings. The van der Waals surface area contributed by atoms with Crippen molar-refractivity contribution >= 4 is 23.2 Å². The van der Waals surface area contributed by atoms with Gasteiger partial charge in [-0.15, -0.1) is 11.3 Å². The molecule has 1 N–H and O–H groups in total. The summed E-state index contributed by atoms with van der Waals surface area (Å²) in [5, 5.41) is 9.76. The number of methoxy groups -OCH3 is 2. The van der Waals surface area contributed by atoms with E-state index in [2.05, 4.69) is 4.98 Å². The van der Waals surface area contributed by atoms with Gasteiger partial charge >= 0.3 is 5.97 Å². The molecule has 0 atom stereocenters. The van der Waals surface area contributed by atoms with E-state index in [-0.39, 0.29) is 18.5 Å². The highest BCUT2D eigenvalue weighted by Gasteiger charge is 2.35. The molecule has 0 aliphatic heterocycles. The van der Waals surface area contributed by atoms with Crippen molar-refractivity contribution in [1.29, 1.82) is 0 Å². The predicted molar refractivity (Wildman–Crippen MR) is 97.1 cm³/mol. The van der Waals surface area contributed by atoms with Crippen LogP contribution in [0.5, 0.6) is 11.5 Å². The smallest absolute Gasteiger partial charge is 0.323 e. The quantitative estimate of drug-likeness (QED) is 0.799. The van der Waals surface area contributed by atoms with E-state index >= 15 is 0 Å². The fraction of sp³-hybridized carbons (Fsp3) is 0.389. The maximum Gasteiger partial charge on any atom is 0.323 e. The van der Waals surface area contributed by atoms with Crippen LogP contribution in [0.3, 0.4) is 0 Å². The van der Waals surface area contributed by atoms with Crippen LogP contribution in [-0.2, 0) is 4.79 Å². The molecular formula is C18H20N2O5S. The van der Waals surface area contributed by atoms with Crippen LogP contribution < -0.4 is 9.47 Å². The summed E-state index contributed by atoms with van der Waals surface area (Å²) in [6, 6.07) is 5.46. The Hall–Kier alpha value is -2.61. The first kappa shape index (κ1) is 18.2. The second-order valence-electron chi connectivity index (χ2n) is 6.06. The fourth-order valence-electron chi connectivity index (χ4n) is 2.72. The van der Waals surface area contributed by atoms with Crippen molar-refractivity contribution in [2.45, 2.75) is 25.8 Å². The van der Waals surface area contributed by atoms with Gasteiger partial charge in [0.05, 0.1) is 19.9 Å². The summed E-state index contributed by atoms with van der Waals surface area (Å²) in [5.74, 6) is -0.0810. The van der Waals surface area contributed by atoms with Crippen LogP contribution in [-0.4, -0.2) is 53.7 Å². The predicted octanol–water partition coefficient (Wildman–Crippen LogP) is 2.82. The van der Waals surface area contributed by atoms with Crippen molar-refractivity contribution in [1.82, 2.24) is 9.88 Å². The molecule has 0 bridgehead atoms. The van der Waals surface area contributed by atoms with E-state index < -0.39 is 5.97 Å². The van der Waals surface area contributed by atoms with E-state index in [1.807, 2.05) is 6.07 Å². The van der Waals surface area contributed by atoms with Crippen LogP contribution >= 0.6 is 11.3 Å². The number of carbonyl (C=O) groups is 2. The van der Waals surface area contributed by atoms with Gasteiger partial charge in [0, 0.05) is 11.6 Å². The standard InChI is InChI=1S/C18H20N2O5S/c1-10-16(18(23)20(9-15(21)22)12-5-6-12)26-17(19-10)11-4-7-13(24-2)14(8-11)25-3/h4,7-8,12H,5-6,9H2,1-3H3,(H,21,22). The zero-order valence-corrected chi connectivity index (χ0v) is 15.6. The first-order valence-corrected chi connectivity index (χ1v) is 8.98. The van der Waals surface area contributed by atoms with Crippen molar-refractivity contribution in [3.8, 4) is 22.1 Å². The Labute approximate surface area is 155 Å². The molecule has 26 heavy (non-hydrogen) atoms. The van der Waals surface area contributed by atoms with E-state index in [1.54, 1.807) is 33.3 Å². The summed E-state index contributed by atoms with van der Waals surface area (Å²) >= 11 is 1.26. The van der Waals surface area contributed by atoms with Gasteiger partial charge in [0.25, 0.3) is 5.91 Å². The minimum Gasteiger partial charge on any atom is -0.493 e. The number of aryl methyl sites for hydroxylation is 1. The zero-order valence-electron chi connectivity index (χ0n) is 14.8. The summed E-state index contributed by atoms with van der Waals surface area (Å²) in [6.07, 6.45) is 1.69. The Morgan fingerprint density at radius 2 is 1.96 bits per heavy atom. The third-order valence-electron chi connectivity index (χ3n) is 4.18. The molecule has 1 saturated carbocycles. The lowest BCUT2D eigenvalue weighted by Crippen LogP contribution is -2.37.